The highest BCUT2D eigenvalue weighted by atomic mass is 16.3. The molecular weight excluding hydrogens is 294 g/mol. The normalized spacial score (nSPS) is 26.7. The van der Waals surface area contributed by atoms with Gasteiger partial charge in [0.15, 0.2) is 0 Å². The minimum atomic E-state index is -0.304. The monoisotopic (exact) mass is 321 g/mol. The van der Waals surface area contributed by atoms with Crippen molar-refractivity contribution < 1.29 is 10.2 Å². The molecule has 2 aliphatic heterocycles. The topological polar surface area (TPSA) is 76.0 Å². The second-order valence-electron chi connectivity index (χ2n) is 7.10. The minimum Gasteiger partial charge on any atom is -0.393 e. The first kappa shape index (κ1) is 16.4. The molecule has 0 radical (unpaired) electrons. The summed E-state index contributed by atoms with van der Waals surface area (Å²) in [5.41, 5.74) is 0. The molecule has 23 heavy (non-hydrogen) atoms. The van der Waals surface area contributed by atoms with Crippen LogP contribution in [0.15, 0.2) is 12.4 Å². The molecule has 2 fully saturated rings. The quantitative estimate of drug-likeness (QED) is 0.777. The molecule has 0 spiro atoms. The molecular formula is C16H27N5O2. The summed E-state index contributed by atoms with van der Waals surface area (Å²) in [6.45, 7) is 5.01. The van der Waals surface area contributed by atoms with Crippen LogP contribution in [0.25, 0.3) is 0 Å². The van der Waals surface area contributed by atoms with Crippen molar-refractivity contribution in [2.45, 2.75) is 31.6 Å². The van der Waals surface area contributed by atoms with Gasteiger partial charge in [0.05, 0.1) is 12.2 Å². The molecule has 1 aromatic heterocycles. The molecule has 1 aromatic rings. The van der Waals surface area contributed by atoms with E-state index < -0.39 is 0 Å². The zero-order chi connectivity index (χ0) is 16.6. The first-order valence-corrected chi connectivity index (χ1v) is 8.28. The first-order valence-electron chi connectivity index (χ1n) is 8.28. The Kier molecular flexibility index (Phi) is 4.70. The van der Waals surface area contributed by atoms with Crippen molar-refractivity contribution in [3.63, 3.8) is 0 Å². The molecule has 0 aromatic carbocycles. The number of anilines is 2. The van der Waals surface area contributed by atoms with Crippen molar-refractivity contribution in [1.82, 2.24) is 14.9 Å². The van der Waals surface area contributed by atoms with Crippen molar-refractivity contribution in [3.05, 3.63) is 12.4 Å². The summed E-state index contributed by atoms with van der Waals surface area (Å²) >= 11 is 0. The summed E-state index contributed by atoms with van der Waals surface area (Å²) in [6.07, 6.45) is 1.79. The average molecular weight is 321 g/mol. The lowest BCUT2D eigenvalue weighted by atomic mass is 9.95. The summed E-state index contributed by atoms with van der Waals surface area (Å²) in [6, 6.07) is 2.27. The van der Waals surface area contributed by atoms with Crippen LogP contribution in [0.4, 0.5) is 11.6 Å². The van der Waals surface area contributed by atoms with Gasteiger partial charge in [-0.25, -0.2) is 9.97 Å². The highest BCUT2D eigenvalue weighted by molar-refractivity contribution is 5.53. The third kappa shape index (κ3) is 3.57. The first-order chi connectivity index (χ1) is 10.9. The fourth-order valence-electron chi connectivity index (χ4n) is 3.44. The predicted molar refractivity (Wildman–Crippen MR) is 89.7 cm³/mol. The van der Waals surface area contributed by atoms with Crippen LogP contribution >= 0.6 is 0 Å². The Hall–Kier alpha value is -1.44. The fraction of sp³-hybridized carbons (Fsp3) is 0.750. The predicted octanol–water partition coefficient (Wildman–Crippen LogP) is -0.205. The van der Waals surface area contributed by atoms with Crippen LogP contribution in [0.1, 0.15) is 13.3 Å². The number of hydrogen-bond donors (Lipinski definition) is 2. The molecule has 3 rings (SSSR count). The number of nitrogens with zero attached hydrogens (tertiary/aromatic N) is 5. The SMILES string of the molecule is CC(O)C1CN(c2cc(N3C[C@H](O)C[C@@H]3CN(C)C)ncn2)C1. The molecule has 128 valence electrons. The molecule has 0 aliphatic carbocycles. The van der Waals surface area contributed by atoms with E-state index in [-0.39, 0.29) is 18.2 Å². The zero-order valence-electron chi connectivity index (χ0n) is 14.1. The molecule has 0 saturated carbocycles. The van der Waals surface area contributed by atoms with Crippen LogP contribution in [0, 0.1) is 5.92 Å². The summed E-state index contributed by atoms with van der Waals surface area (Å²) in [4.78, 5) is 15.3. The smallest absolute Gasteiger partial charge is 0.134 e. The Morgan fingerprint density at radius 3 is 2.61 bits per heavy atom. The van der Waals surface area contributed by atoms with Gasteiger partial charge in [-0.3, -0.25) is 0 Å². The molecule has 7 nitrogen and oxygen atoms in total. The van der Waals surface area contributed by atoms with Gasteiger partial charge in [-0.2, -0.15) is 0 Å². The molecule has 1 unspecified atom stereocenters. The fourth-order valence-corrected chi connectivity index (χ4v) is 3.44. The summed E-state index contributed by atoms with van der Waals surface area (Å²) < 4.78 is 0. The lowest BCUT2D eigenvalue weighted by molar-refractivity contribution is 0.107. The van der Waals surface area contributed by atoms with Gasteiger partial charge in [-0.15, -0.1) is 0 Å². The van der Waals surface area contributed by atoms with Gasteiger partial charge in [-0.05, 0) is 27.4 Å². The molecule has 0 bridgehead atoms. The van der Waals surface area contributed by atoms with E-state index in [1.807, 2.05) is 27.1 Å². The number of aromatic nitrogens is 2. The molecule has 3 atom stereocenters. The maximum atomic E-state index is 10.0. The van der Waals surface area contributed by atoms with Crippen LogP contribution in [-0.2, 0) is 0 Å². The maximum absolute atomic E-state index is 10.0. The second kappa shape index (κ2) is 6.59. The number of likely N-dealkylation sites (N-methyl/N-ethyl adjacent to an activating group) is 1. The van der Waals surface area contributed by atoms with Gasteiger partial charge in [0.25, 0.3) is 0 Å². The third-order valence-corrected chi connectivity index (χ3v) is 4.82. The number of aliphatic hydroxyl groups excluding tert-OH is 2. The number of β-amino-alcohol motifs (C(OH)–C–C–N with tert-alkyl or cyclic N) is 1. The molecule has 3 heterocycles. The molecule has 7 heteroatoms. The van der Waals surface area contributed by atoms with Crippen molar-refractivity contribution >= 4 is 11.6 Å². The highest BCUT2D eigenvalue weighted by Crippen LogP contribution is 2.29. The van der Waals surface area contributed by atoms with Gasteiger partial charge in [0.2, 0.25) is 0 Å². The highest BCUT2D eigenvalue weighted by Gasteiger charge is 2.34. The van der Waals surface area contributed by atoms with Crippen LogP contribution < -0.4 is 9.80 Å². The van der Waals surface area contributed by atoms with E-state index in [2.05, 4.69) is 24.7 Å². The maximum Gasteiger partial charge on any atom is 0.134 e. The van der Waals surface area contributed by atoms with Gasteiger partial charge in [0.1, 0.15) is 18.0 Å². The van der Waals surface area contributed by atoms with Crippen molar-refractivity contribution in [1.29, 1.82) is 0 Å². The van der Waals surface area contributed by atoms with Gasteiger partial charge in [-0.1, -0.05) is 0 Å². The van der Waals surface area contributed by atoms with Crippen LogP contribution in [0.5, 0.6) is 0 Å². The summed E-state index contributed by atoms with van der Waals surface area (Å²) in [7, 11) is 4.09. The van der Waals surface area contributed by atoms with Crippen LogP contribution in [0.2, 0.25) is 0 Å². The Bertz CT molecular complexity index is 533. The van der Waals surface area contributed by atoms with E-state index in [0.29, 0.717) is 12.5 Å². The largest absolute Gasteiger partial charge is 0.393 e. The Morgan fingerprint density at radius 2 is 1.96 bits per heavy atom. The number of aliphatic hydroxyl groups is 2. The summed E-state index contributed by atoms with van der Waals surface area (Å²) in [5.74, 6) is 2.10. The van der Waals surface area contributed by atoms with E-state index in [0.717, 1.165) is 37.7 Å². The standard InChI is InChI=1S/C16H27N5O2/c1-11(22)12-6-20(7-12)15-5-16(18-10-17-15)21-9-14(23)4-13(21)8-19(2)3/h5,10-14,22-23H,4,6-9H2,1-3H3/t11?,13-,14-/m1/s1. The summed E-state index contributed by atoms with van der Waals surface area (Å²) in [5, 5.41) is 19.6. The number of hydrogen-bond acceptors (Lipinski definition) is 7. The Labute approximate surface area is 137 Å². The lowest BCUT2D eigenvalue weighted by Gasteiger charge is -2.41. The molecule has 0 amide bonds. The van der Waals surface area contributed by atoms with E-state index >= 15 is 0 Å². The van der Waals surface area contributed by atoms with E-state index in [1.54, 1.807) is 6.33 Å². The van der Waals surface area contributed by atoms with Gasteiger partial charge < -0.3 is 24.9 Å². The average Bonchev–Trinajstić information content (AvgIpc) is 2.77. The van der Waals surface area contributed by atoms with Crippen molar-refractivity contribution in [2.75, 3.05) is 50.1 Å². The van der Waals surface area contributed by atoms with Crippen LogP contribution in [0.3, 0.4) is 0 Å². The zero-order valence-corrected chi connectivity index (χ0v) is 14.1. The Balaban J connectivity index is 1.72. The molecule has 2 aliphatic rings. The van der Waals surface area contributed by atoms with E-state index in [4.69, 9.17) is 0 Å². The third-order valence-electron chi connectivity index (χ3n) is 4.82. The number of rotatable bonds is 5. The second-order valence-corrected chi connectivity index (χ2v) is 7.10. The van der Waals surface area contributed by atoms with E-state index in [1.165, 1.54) is 0 Å². The van der Waals surface area contributed by atoms with Gasteiger partial charge in [0, 0.05) is 44.2 Å². The minimum absolute atomic E-state index is 0.268. The van der Waals surface area contributed by atoms with Crippen molar-refractivity contribution in [3.8, 4) is 0 Å². The molecule has 2 N–H and O–H groups in total. The van der Waals surface area contributed by atoms with Crippen LogP contribution in [-0.4, -0.2) is 83.6 Å². The van der Waals surface area contributed by atoms with Gasteiger partial charge >= 0.3 is 0 Å². The van der Waals surface area contributed by atoms with Crippen molar-refractivity contribution in [2.24, 2.45) is 5.92 Å². The Morgan fingerprint density at radius 1 is 1.26 bits per heavy atom. The molecule has 2 saturated heterocycles. The van der Waals surface area contributed by atoms with E-state index in [9.17, 15) is 10.2 Å². The lowest BCUT2D eigenvalue weighted by Crippen LogP contribution is -2.51.